The van der Waals surface area contributed by atoms with Gasteiger partial charge in [-0.05, 0) is 49.3 Å². The van der Waals surface area contributed by atoms with E-state index in [1.54, 1.807) is 7.05 Å². The van der Waals surface area contributed by atoms with Crippen LogP contribution in [0, 0.1) is 11.3 Å². The number of hydrogen-bond acceptors (Lipinski definition) is 2. The standard InChI is InChI=1S/C19H23F3N2O2/c1-24(10-13-3-5-14(6-4-13)19(20,21)22)16(25)23-12-17-9-15(17)11-26-18(17)7-2-8-18/h3-6,15H,2,7-12H2,1H3,(H,23,25)/t15-,17+/m0/s1. The SMILES string of the molecule is CN(Cc1ccc(C(F)(F)F)cc1)C(=O)NC[C@]12C[C@H]1COC21CCC1. The summed E-state index contributed by atoms with van der Waals surface area (Å²) in [5.74, 6) is 0.559. The van der Waals surface area contributed by atoms with Gasteiger partial charge in [-0.2, -0.15) is 13.2 Å². The van der Waals surface area contributed by atoms with Crippen LogP contribution in [0.25, 0.3) is 0 Å². The zero-order valence-electron chi connectivity index (χ0n) is 14.7. The minimum absolute atomic E-state index is 0.0169. The van der Waals surface area contributed by atoms with Crippen LogP contribution in [0.4, 0.5) is 18.0 Å². The lowest BCUT2D eigenvalue weighted by Gasteiger charge is -2.45. The molecular formula is C19H23F3N2O2. The Hall–Kier alpha value is -1.76. The van der Waals surface area contributed by atoms with Gasteiger partial charge in [0.25, 0.3) is 0 Å². The van der Waals surface area contributed by atoms with Crippen LogP contribution < -0.4 is 5.32 Å². The molecule has 1 spiro atoms. The van der Waals surface area contributed by atoms with Crippen LogP contribution in [-0.4, -0.2) is 36.7 Å². The molecule has 142 valence electrons. The molecule has 4 nitrogen and oxygen atoms in total. The molecule has 1 heterocycles. The molecule has 1 N–H and O–H groups in total. The van der Waals surface area contributed by atoms with Gasteiger partial charge < -0.3 is 15.0 Å². The normalized spacial score (nSPS) is 28.4. The summed E-state index contributed by atoms with van der Waals surface area (Å²) < 4.78 is 43.8. The molecule has 0 aromatic heterocycles. The van der Waals surface area contributed by atoms with E-state index in [0.29, 0.717) is 18.0 Å². The van der Waals surface area contributed by atoms with Crippen molar-refractivity contribution in [2.24, 2.45) is 11.3 Å². The topological polar surface area (TPSA) is 41.6 Å². The van der Waals surface area contributed by atoms with E-state index in [1.807, 2.05) is 0 Å². The Balaban J connectivity index is 1.31. The van der Waals surface area contributed by atoms with Crippen molar-refractivity contribution in [3.63, 3.8) is 0 Å². The Morgan fingerprint density at radius 2 is 2.00 bits per heavy atom. The second-order valence-corrected chi connectivity index (χ2v) is 7.93. The van der Waals surface area contributed by atoms with Gasteiger partial charge in [0.2, 0.25) is 0 Å². The number of amides is 2. The second kappa shape index (κ2) is 5.87. The van der Waals surface area contributed by atoms with Gasteiger partial charge in [-0.3, -0.25) is 0 Å². The lowest BCUT2D eigenvalue weighted by atomic mass is 9.68. The van der Waals surface area contributed by atoms with Crippen molar-refractivity contribution in [1.29, 1.82) is 0 Å². The van der Waals surface area contributed by atoms with Gasteiger partial charge in [-0.1, -0.05) is 12.1 Å². The molecule has 1 aliphatic heterocycles. The average molecular weight is 368 g/mol. The van der Waals surface area contributed by atoms with Crippen LogP contribution >= 0.6 is 0 Å². The summed E-state index contributed by atoms with van der Waals surface area (Å²) in [6.07, 6.45) is 0.135. The van der Waals surface area contributed by atoms with Crippen LogP contribution in [0.1, 0.15) is 36.8 Å². The van der Waals surface area contributed by atoms with Gasteiger partial charge in [-0.15, -0.1) is 0 Å². The summed E-state index contributed by atoms with van der Waals surface area (Å²) in [5, 5.41) is 3.01. The first kappa shape index (κ1) is 17.6. The van der Waals surface area contributed by atoms with E-state index in [-0.39, 0.29) is 23.6 Å². The maximum Gasteiger partial charge on any atom is 0.416 e. The molecule has 0 bridgehead atoms. The van der Waals surface area contributed by atoms with Gasteiger partial charge in [0, 0.05) is 25.6 Å². The molecule has 0 unspecified atom stereocenters. The quantitative estimate of drug-likeness (QED) is 0.878. The van der Waals surface area contributed by atoms with Crippen LogP contribution in [0.2, 0.25) is 0 Å². The number of urea groups is 1. The highest BCUT2D eigenvalue weighted by molar-refractivity contribution is 5.74. The Kier molecular flexibility index (Phi) is 3.99. The summed E-state index contributed by atoms with van der Waals surface area (Å²) in [4.78, 5) is 13.9. The molecule has 2 amide bonds. The van der Waals surface area contributed by atoms with Gasteiger partial charge in [0.15, 0.2) is 0 Å². The molecule has 3 fully saturated rings. The summed E-state index contributed by atoms with van der Waals surface area (Å²) in [5.41, 5.74) is 0.0737. The van der Waals surface area contributed by atoms with E-state index in [1.165, 1.54) is 23.5 Å². The molecule has 1 saturated heterocycles. The average Bonchev–Trinajstić information content (AvgIpc) is 3.17. The van der Waals surface area contributed by atoms with Crippen molar-refractivity contribution < 1.29 is 22.7 Å². The van der Waals surface area contributed by atoms with Crippen LogP contribution in [0.15, 0.2) is 24.3 Å². The first-order valence-corrected chi connectivity index (χ1v) is 9.05. The molecule has 2 aliphatic carbocycles. The predicted molar refractivity (Wildman–Crippen MR) is 89.4 cm³/mol. The van der Waals surface area contributed by atoms with Gasteiger partial charge >= 0.3 is 12.2 Å². The highest BCUT2D eigenvalue weighted by Crippen LogP contribution is 2.70. The van der Waals surface area contributed by atoms with E-state index in [9.17, 15) is 18.0 Å². The number of ether oxygens (including phenoxy) is 1. The highest BCUT2D eigenvalue weighted by Gasteiger charge is 2.73. The molecule has 1 aromatic carbocycles. The summed E-state index contributed by atoms with van der Waals surface area (Å²) in [7, 11) is 1.65. The van der Waals surface area contributed by atoms with E-state index >= 15 is 0 Å². The number of rotatable bonds is 4. The van der Waals surface area contributed by atoms with E-state index in [2.05, 4.69) is 5.32 Å². The number of carbonyl (C=O) groups excluding carboxylic acids is 1. The number of hydrogen-bond donors (Lipinski definition) is 1. The second-order valence-electron chi connectivity index (χ2n) is 7.93. The molecule has 7 heteroatoms. The fraction of sp³-hybridized carbons (Fsp3) is 0.632. The third-order valence-electron chi connectivity index (χ3n) is 6.46. The maximum absolute atomic E-state index is 12.6. The third-order valence-corrected chi connectivity index (χ3v) is 6.46. The van der Waals surface area contributed by atoms with Gasteiger partial charge in [0.1, 0.15) is 0 Å². The molecule has 4 rings (SSSR count). The van der Waals surface area contributed by atoms with E-state index < -0.39 is 11.7 Å². The Labute approximate surface area is 150 Å². The Morgan fingerprint density at radius 1 is 1.31 bits per heavy atom. The van der Waals surface area contributed by atoms with Gasteiger partial charge in [-0.25, -0.2) is 4.79 Å². The van der Waals surface area contributed by atoms with Crippen LogP contribution in [0.5, 0.6) is 0 Å². The van der Waals surface area contributed by atoms with Crippen molar-refractivity contribution in [2.75, 3.05) is 20.2 Å². The minimum Gasteiger partial charge on any atom is -0.374 e. The first-order valence-electron chi connectivity index (χ1n) is 9.05. The van der Waals surface area contributed by atoms with Crippen molar-refractivity contribution in [3.8, 4) is 0 Å². The monoisotopic (exact) mass is 368 g/mol. The van der Waals surface area contributed by atoms with Crippen molar-refractivity contribution in [3.05, 3.63) is 35.4 Å². The highest BCUT2D eigenvalue weighted by atomic mass is 19.4. The summed E-state index contributed by atoms with van der Waals surface area (Å²) >= 11 is 0. The molecular weight excluding hydrogens is 345 g/mol. The number of nitrogens with zero attached hydrogens (tertiary/aromatic N) is 1. The number of nitrogens with one attached hydrogen (secondary N) is 1. The molecule has 3 aliphatic rings. The minimum atomic E-state index is -4.34. The predicted octanol–water partition coefficient (Wildman–Crippen LogP) is 3.81. The fourth-order valence-corrected chi connectivity index (χ4v) is 4.59. The largest absolute Gasteiger partial charge is 0.416 e. The maximum atomic E-state index is 12.6. The molecule has 26 heavy (non-hydrogen) atoms. The lowest BCUT2D eigenvalue weighted by molar-refractivity contribution is -0.137. The van der Waals surface area contributed by atoms with Gasteiger partial charge in [0.05, 0.1) is 17.8 Å². The third kappa shape index (κ3) is 2.76. The van der Waals surface area contributed by atoms with Crippen LogP contribution in [-0.2, 0) is 17.5 Å². The lowest BCUT2D eigenvalue weighted by Crippen LogP contribution is -2.51. The summed E-state index contributed by atoms with van der Waals surface area (Å²) in [6, 6.07) is 4.72. The molecule has 0 radical (unpaired) electrons. The van der Waals surface area contributed by atoms with Crippen LogP contribution in [0.3, 0.4) is 0 Å². The number of halogens is 3. The molecule has 2 saturated carbocycles. The smallest absolute Gasteiger partial charge is 0.374 e. The zero-order valence-corrected chi connectivity index (χ0v) is 14.7. The van der Waals surface area contributed by atoms with Crippen molar-refractivity contribution in [1.82, 2.24) is 10.2 Å². The van der Waals surface area contributed by atoms with E-state index in [0.717, 1.165) is 38.0 Å². The Morgan fingerprint density at radius 3 is 2.54 bits per heavy atom. The van der Waals surface area contributed by atoms with Crippen molar-refractivity contribution in [2.45, 2.75) is 44.0 Å². The number of fused-ring (bicyclic) bond motifs is 2. The summed E-state index contributed by atoms with van der Waals surface area (Å²) in [6.45, 7) is 1.69. The molecule has 1 aromatic rings. The Bertz CT molecular complexity index is 700. The fourth-order valence-electron chi connectivity index (χ4n) is 4.59. The first-order chi connectivity index (χ1) is 12.3. The van der Waals surface area contributed by atoms with E-state index in [4.69, 9.17) is 4.74 Å². The number of alkyl halides is 3. The molecule has 2 atom stereocenters. The van der Waals surface area contributed by atoms with Crippen molar-refractivity contribution >= 4 is 6.03 Å². The number of carbonyl (C=O) groups is 1. The number of benzene rings is 1. The zero-order chi connectivity index (χ0) is 18.6.